The van der Waals surface area contributed by atoms with E-state index in [4.69, 9.17) is 11.6 Å². The van der Waals surface area contributed by atoms with E-state index in [1.165, 1.54) is 9.75 Å². The van der Waals surface area contributed by atoms with Crippen molar-refractivity contribution in [3.8, 4) is 0 Å². The zero-order valence-electron chi connectivity index (χ0n) is 11.6. The first kappa shape index (κ1) is 13.6. The highest BCUT2D eigenvalue weighted by Crippen LogP contribution is 2.23. The number of rotatable bonds is 4. The number of imidazole rings is 1. The fourth-order valence-corrected chi connectivity index (χ4v) is 3.46. The Kier molecular flexibility index (Phi) is 3.76. The summed E-state index contributed by atoms with van der Waals surface area (Å²) in [4.78, 5) is 11.8. The zero-order valence-corrected chi connectivity index (χ0v) is 13.1. The molecule has 0 spiro atoms. The number of fused-ring (bicyclic) bond motifs is 1. The molecule has 3 rings (SSSR count). The van der Waals surface area contributed by atoms with Crippen LogP contribution in [-0.4, -0.2) is 14.5 Å². The third-order valence-corrected chi connectivity index (χ3v) is 4.87. The number of halogens is 1. The molecule has 3 aromatic heterocycles. The van der Waals surface area contributed by atoms with Crippen molar-refractivity contribution in [1.29, 1.82) is 0 Å². The van der Waals surface area contributed by atoms with E-state index in [0.717, 1.165) is 35.5 Å². The van der Waals surface area contributed by atoms with Gasteiger partial charge in [-0.2, -0.15) is 0 Å². The van der Waals surface area contributed by atoms with Crippen LogP contribution >= 0.6 is 22.9 Å². The van der Waals surface area contributed by atoms with Gasteiger partial charge in [0.2, 0.25) is 0 Å². The Morgan fingerprint density at radius 3 is 2.75 bits per heavy atom. The van der Waals surface area contributed by atoms with Crippen LogP contribution in [0.15, 0.2) is 24.4 Å². The summed E-state index contributed by atoms with van der Waals surface area (Å²) in [7, 11) is 0. The second-order valence-corrected chi connectivity index (χ2v) is 6.29. The highest BCUT2D eigenvalue weighted by Gasteiger charge is 2.13. The van der Waals surface area contributed by atoms with Gasteiger partial charge in [0.05, 0.1) is 12.4 Å². The molecule has 0 N–H and O–H groups in total. The highest BCUT2D eigenvalue weighted by atomic mass is 35.5. The summed E-state index contributed by atoms with van der Waals surface area (Å²) in [5.74, 6) is 1.29. The molecule has 0 bridgehead atoms. The van der Waals surface area contributed by atoms with Gasteiger partial charge >= 0.3 is 0 Å². The minimum Gasteiger partial charge on any atom is -0.306 e. The van der Waals surface area contributed by atoms with Crippen LogP contribution < -0.4 is 0 Å². The Labute approximate surface area is 127 Å². The average molecular weight is 306 g/mol. The summed E-state index contributed by atoms with van der Waals surface area (Å²) >= 11 is 7.89. The predicted octanol–water partition coefficient (Wildman–Crippen LogP) is 4.15. The van der Waals surface area contributed by atoms with Crippen molar-refractivity contribution in [3.63, 3.8) is 0 Å². The summed E-state index contributed by atoms with van der Waals surface area (Å²) in [5, 5.41) is 0. The van der Waals surface area contributed by atoms with Crippen LogP contribution in [0.1, 0.15) is 28.1 Å². The first-order valence-electron chi connectivity index (χ1n) is 6.67. The van der Waals surface area contributed by atoms with Crippen molar-refractivity contribution in [3.05, 3.63) is 45.5 Å². The molecule has 0 saturated heterocycles. The largest absolute Gasteiger partial charge is 0.306 e. The van der Waals surface area contributed by atoms with Gasteiger partial charge in [-0.05, 0) is 37.1 Å². The lowest BCUT2D eigenvalue weighted by Gasteiger charge is -2.05. The minimum atomic E-state index is 0.405. The Morgan fingerprint density at radius 1 is 1.25 bits per heavy atom. The lowest BCUT2D eigenvalue weighted by atomic mass is 10.3. The molecular weight excluding hydrogens is 290 g/mol. The molecule has 3 heterocycles. The summed E-state index contributed by atoms with van der Waals surface area (Å²) in [6.07, 6.45) is 2.91. The van der Waals surface area contributed by atoms with Gasteiger partial charge in [0, 0.05) is 16.0 Å². The number of hydrogen-bond donors (Lipinski definition) is 0. The van der Waals surface area contributed by atoms with Gasteiger partial charge in [-0.25, -0.2) is 9.97 Å². The molecule has 0 aliphatic rings. The van der Waals surface area contributed by atoms with Crippen molar-refractivity contribution < 1.29 is 0 Å². The standard InChI is InChI=1S/C15H16ClN3S/c1-3-11-4-5-12(20-11)9-19-13(8-16)18-14-10(2)6-7-17-15(14)19/h4-7H,3,8-9H2,1-2H3. The number of aryl methyl sites for hydroxylation is 2. The number of thiophene rings is 1. The maximum absolute atomic E-state index is 6.05. The third kappa shape index (κ3) is 2.34. The Balaban J connectivity index is 2.07. The van der Waals surface area contributed by atoms with Crippen LogP contribution in [0, 0.1) is 6.92 Å². The fourth-order valence-electron chi connectivity index (χ4n) is 2.30. The van der Waals surface area contributed by atoms with Crippen LogP contribution in [-0.2, 0) is 18.8 Å². The quantitative estimate of drug-likeness (QED) is 0.678. The van der Waals surface area contributed by atoms with E-state index >= 15 is 0 Å². The van der Waals surface area contributed by atoms with E-state index in [1.807, 2.05) is 23.6 Å². The molecule has 0 aliphatic carbocycles. The van der Waals surface area contributed by atoms with Gasteiger partial charge in [0.1, 0.15) is 11.3 Å². The topological polar surface area (TPSA) is 30.7 Å². The summed E-state index contributed by atoms with van der Waals surface area (Å²) in [6, 6.07) is 6.36. The van der Waals surface area contributed by atoms with Crippen LogP contribution in [0.2, 0.25) is 0 Å². The smallest absolute Gasteiger partial charge is 0.160 e. The Hall–Kier alpha value is -1.39. The Morgan fingerprint density at radius 2 is 2.05 bits per heavy atom. The van der Waals surface area contributed by atoms with Gasteiger partial charge in [-0.1, -0.05) is 6.92 Å². The van der Waals surface area contributed by atoms with E-state index in [9.17, 15) is 0 Å². The minimum absolute atomic E-state index is 0.405. The van der Waals surface area contributed by atoms with Crippen molar-refractivity contribution in [2.45, 2.75) is 32.7 Å². The van der Waals surface area contributed by atoms with E-state index < -0.39 is 0 Å². The molecule has 3 nitrogen and oxygen atoms in total. The molecule has 0 radical (unpaired) electrons. The van der Waals surface area contributed by atoms with Crippen molar-refractivity contribution >= 4 is 34.1 Å². The van der Waals surface area contributed by atoms with Crippen molar-refractivity contribution in [2.24, 2.45) is 0 Å². The molecule has 0 unspecified atom stereocenters. The molecule has 0 aromatic carbocycles. The van der Waals surface area contributed by atoms with Crippen LogP contribution in [0.25, 0.3) is 11.2 Å². The van der Waals surface area contributed by atoms with E-state index in [2.05, 4.69) is 40.5 Å². The third-order valence-electron chi connectivity index (χ3n) is 3.41. The van der Waals surface area contributed by atoms with Crippen molar-refractivity contribution in [1.82, 2.24) is 14.5 Å². The first-order chi connectivity index (χ1) is 9.72. The number of aromatic nitrogens is 3. The normalized spacial score (nSPS) is 11.3. The van der Waals surface area contributed by atoms with Crippen LogP contribution in [0.5, 0.6) is 0 Å². The second-order valence-electron chi connectivity index (χ2n) is 4.77. The summed E-state index contributed by atoms with van der Waals surface area (Å²) in [5.41, 5.74) is 3.02. The van der Waals surface area contributed by atoms with Gasteiger partial charge < -0.3 is 4.57 Å². The SMILES string of the molecule is CCc1ccc(Cn2c(CCl)nc3c(C)ccnc32)s1. The molecule has 0 saturated carbocycles. The molecular formula is C15H16ClN3S. The number of pyridine rings is 1. The lowest BCUT2D eigenvalue weighted by molar-refractivity contribution is 0.780. The predicted molar refractivity (Wildman–Crippen MR) is 84.6 cm³/mol. The van der Waals surface area contributed by atoms with Gasteiger partial charge in [0.25, 0.3) is 0 Å². The van der Waals surface area contributed by atoms with E-state index in [0.29, 0.717) is 5.88 Å². The second kappa shape index (κ2) is 5.54. The van der Waals surface area contributed by atoms with Gasteiger partial charge in [0.15, 0.2) is 5.65 Å². The number of hydrogen-bond acceptors (Lipinski definition) is 3. The molecule has 3 aromatic rings. The molecule has 0 amide bonds. The monoisotopic (exact) mass is 305 g/mol. The summed E-state index contributed by atoms with van der Waals surface area (Å²) < 4.78 is 2.13. The highest BCUT2D eigenvalue weighted by molar-refractivity contribution is 7.11. The summed E-state index contributed by atoms with van der Waals surface area (Å²) in [6.45, 7) is 5.02. The molecule has 0 fully saturated rings. The first-order valence-corrected chi connectivity index (χ1v) is 8.02. The Bertz CT molecular complexity index is 745. The van der Waals surface area contributed by atoms with Crippen molar-refractivity contribution in [2.75, 3.05) is 0 Å². The van der Waals surface area contributed by atoms with Gasteiger partial charge in [-0.15, -0.1) is 22.9 Å². The maximum atomic E-state index is 6.05. The van der Waals surface area contributed by atoms with Crippen LogP contribution in [0.3, 0.4) is 0 Å². The molecule has 5 heteroatoms. The average Bonchev–Trinajstić information content (AvgIpc) is 3.05. The number of nitrogens with zero attached hydrogens (tertiary/aromatic N) is 3. The van der Waals surface area contributed by atoms with Crippen LogP contribution in [0.4, 0.5) is 0 Å². The number of alkyl halides is 1. The maximum Gasteiger partial charge on any atom is 0.160 e. The molecule has 20 heavy (non-hydrogen) atoms. The van der Waals surface area contributed by atoms with E-state index in [1.54, 1.807) is 0 Å². The zero-order chi connectivity index (χ0) is 14.1. The molecule has 0 aliphatic heterocycles. The molecule has 0 atom stereocenters. The van der Waals surface area contributed by atoms with Gasteiger partial charge in [-0.3, -0.25) is 0 Å². The lowest BCUT2D eigenvalue weighted by Crippen LogP contribution is -2.03. The fraction of sp³-hybridized carbons (Fsp3) is 0.333. The molecule has 104 valence electrons. The van der Waals surface area contributed by atoms with E-state index in [-0.39, 0.29) is 0 Å².